The van der Waals surface area contributed by atoms with Gasteiger partial charge in [-0.25, -0.2) is 4.39 Å². The molecule has 0 spiro atoms. The molecule has 0 radical (unpaired) electrons. The van der Waals surface area contributed by atoms with Gasteiger partial charge < -0.3 is 10.2 Å². The third kappa shape index (κ3) is 3.77. The van der Waals surface area contributed by atoms with E-state index in [1.54, 1.807) is 23.2 Å². The van der Waals surface area contributed by atoms with Crippen LogP contribution in [0.5, 0.6) is 0 Å². The fourth-order valence-corrected chi connectivity index (χ4v) is 4.36. The Morgan fingerprint density at radius 2 is 1.93 bits per heavy atom. The van der Waals surface area contributed by atoms with Gasteiger partial charge in [0.2, 0.25) is 11.8 Å². The quantitative estimate of drug-likeness (QED) is 0.865. The van der Waals surface area contributed by atoms with E-state index in [1.807, 2.05) is 18.2 Å². The number of nitrogens with zero attached hydrogens (tertiary/aromatic N) is 2. The first-order valence-electron chi connectivity index (χ1n) is 9.81. The second kappa shape index (κ2) is 7.70. The lowest BCUT2D eigenvalue weighted by Gasteiger charge is -2.32. The van der Waals surface area contributed by atoms with Crippen molar-refractivity contribution >= 4 is 11.8 Å². The van der Waals surface area contributed by atoms with Crippen LogP contribution in [-0.4, -0.2) is 28.2 Å². The van der Waals surface area contributed by atoms with Gasteiger partial charge in [-0.3, -0.25) is 14.6 Å². The number of aromatic nitrogens is 1. The summed E-state index contributed by atoms with van der Waals surface area (Å²) >= 11 is 0. The van der Waals surface area contributed by atoms with Gasteiger partial charge in [0.1, 0.15) is 5.82 Å². The Morgan fingerprint density at radius 1 is 1.18 bits per heavy atom. The molecule has 1 atom stereocenters. The van der Waals surface area contributed by atoms with Crippen LogP contribution in [-0.2, 0) is 21.7 Å². The van der Waals surface area contributed by atoms with Gasteiger partial charge in [-0.1, -0.05) is 31.0 Å². The van der Waals surface area contributed by atoms with E-state index in [-0.39, 0.29) is 30.0 Å². The zero-order valence-electron chi connectivity index (χ0n) is 15.7. The molecular formula is C22H24FN3O2. The van der Waals surface area contributed by atoms with Gasteiger partial charge in [0.05, 0.1) is 23.7 Å². The van der Waals surface area contributed by atoms with E-state index in [0.29, 0.717) is 13.1 Å². The molecule has 2 aliphatic rings. The highest BCUT2D eigenvalue weighted by Gasteiger charge is 2.41. The van der Waals surface area contributed by atoms with Gasteiger partial charge in [-0.2, -0.15) is 0 Å². The van der Waals surface area contributed by atoms with E-state index in [9.17, 15) is 14.0 Å². The number of pyridine rings is 1. The third-order valence-corrected chi connectivity index (χ3v) is 5.88. The summed E-state index contributed by atoms with van der Waals surface area (Å²) in [5.74, 6) is -0.764. The highest BCUT2D eigenvalue weighted by Crippen LogP contribution is 2.39. The molecule has 1 unspecified atom stereocenters. The summed E-state index contributed by atoms with van der Waals surface area (Å²) in [4.78, 5) is 31.4. The van der Waals surface area contributed by atoms with Crippen LogP contribution in [0.25, 0.3) is 0 Å². The Labute approximate surface area is 164 Å². The predicted octanol–water partition coefficient (Wildman–Crippen LogP) is 3.15. The molecule has 4 rings (SSSR count). The molecule has 0 bridgehead atoms. The van der Waals surface area contributed by atoms with Gasteiger partial charge in [-0.15, -0.1) is 0 Å². The third-order valence-electron chi connectivity index (χ3n) is 5.88. The van der Waals surface area contributed by atoms with Crippen LogP contribution >= 0.6 is 0 Å². The fraction of sp³-hybridized carbons (Fsp3) is 0.409. The minimum Gasteiger partial charge on any atom is -0.346 e. The average molecular weight is 381 g/mol. The summed E-state index contributed by atoms with van der Waals surface area (Å²) < 4.78 is 13.3. The molecule has 2 heterocycles. The van der Waals surface area contributed by atoms with Crippen molar-refractivity contribution in [1.82, 2.24) is 15.2 Å². The number of amides is 2. The van der Waals surface area contributed by atoms with Crippen LogP contribution in [0.4, 0.5) is 4.39 Å². The first kappa shape index (κ1) is 18.6. The molecule has 2 aromatic rings. The number of hydrogen-bond acceptors (Lipinski definition) is 3. The van der Waals surface area contributed by atoms with Gasteiger partial charge in [-0.05, 0) is 42.7 Å². The Morgan fingerprint density at radius 3 is 2.61 bits per heavy atom. The van der Waals surface area contributed by atoms with Crippen LogP contribution in [0.1, 0.15) is 43.4 Å². The second-order valence-corrected chi connectivity index (χ2v) is 7.78. The monoisotopic (exact) mass is 381 g/mol. The van der Waals surface area contributed by atoms with Crippen molar-refractivity contribution in [2.24, 2.45) is 5.92 Å². The Bertz CT molecular complexity index is 848. The lowest BCUT2D eigenvalue weighted by molar-refractivity contribution is -0.129. The molecule has 1 aromatic heterocycles. The van der Waals surface area contributed by atoms with Gasteiger partial charge in [0, 0.05) is 19.2 Å². The molecule has 6 heteroatoms. The maximum absolute atomic E-state index is 13.3. The van der Waals surface area contributed by atoms with E-state index < -0.39 is 5.54 Å². The summed E-state index contributed by atoms with van der Waals surface area (Å²) in [6.45, 7) is 0.827. The SMILES string of the molecule is O=C(NC1(c2ccc(F)cc2)CCCC1)C1CC(=O)N(Cc2ccccn2)C1. The zero-order chi connectivity index (χ0) is 19.6. The standard InChI is InChI=1S/C22H24FN3O2/c23-18-8-6-17(7-9-18)22(10-2-3-11-22)25-21(28)16-13-20(27)26(14-16)15-19-5-1-4-12-24-19/h1,4-9,12,16H,2-3,10-11,13-15H2,(H,25,28). The van der Waals surface area contributed by atoms with Crippen molar-refractivity contribution in [3.05, 3.63) is 65.7 Å². The summed E-state index contributed by atoms with van der Waals surface area (Å²) in [6.07, 6.45) is 5.64. The summed E-state index contributed by atoms with van der Waals surface area (Å²) in [5.41, 5.74) is 1.30. The van der Waals surface area contributed by atoms with Crippen LogP contribution in [0, 0.1) is 11.7 Å². The molecular weight excluding hydrogens is 357 g/mol. The first-order chi connectivity index (χ1) is 13.6. The molecule has 1 aromatic carbocycles. The van der Waals surface area contributed by atoms with Crippen molar-refractivity contribution in [2.45, 2.75) is 44.2 Å². The summed E-state index contributed by atoms with van der Waals surface area (Å²) in [6, 6.07) is 12.0. The highest BCUT2D eigenvalue weighted by atomic mass is 19.1. The maximum atomic E-state index is 13.3. The molecule has 5 nitrogen and oxygen atoms in total. The van der Waals surface area contributed by atoms with Crippen molar-refractivity contribution in [3.63, 3.8) is 0 Å². The number of carbonyl (C=O) groups excluding carboxylic acids is 2. The highest BCUT2D eigenvalue weighted by molar-refractivity contribution is 5.89. The molecule has 1 saturated heterocycles. The molecule has 146 valence electrons. The number of hydrogen-bond donors (Lipinski definition) is 1. The van der Waals surface area contributed by atoms with Gasteiger partial charge in [0.15, 0.2) is 0 Å². The van der Waals surface area contributed by atoms with E-state index in [1.165, 1.54) is 12.1 Å². The van der Waals surface area contributed by atoms with Gasteiger partial charge >= 0.3 is 0 Å². The lowest BCUT2D eigenvalue weighted by atomic mass is 9.87. The lowest BCUT2D eigenvalue weighted by Crippen LogP contribution is -2.46. The summed E-state index contributed by atoms with van der Waals surface area (Å²) in [5, 5.41) is 3.22. The normalized spacial score (nSPS) is 21.1. The van der Waals surface area contributed by atoms with Crippen LogP contribution in [0.3, 0.4) is 0 Å². The van der Waals surface area contributed by atoms with E-state index in [0.717, 1.165) is 36.9 Å². The van der Waals surface area contributed by atoms with E-state index in [4.69, 9.17) is 0 Å². The van der Waals surface area contributed by atoms with Crippen molar-refractivity contribution in [2.75, 3.05) is 6.54 Å². The minimum atomic E-state index is -0.456. The largest absolute Gasteiger partial charge is 0.346 e. The topological polar surface area (TPSA) is 62.3 Å². The van der Waals surface area contributed by atoms with Crippen molar-refractivity contribution in [3.8, 4) is 0 Å². The molecule has 1 aliphatic carbocycles. The van der Waals surface area contributed by atoms with E-state index >= 15 is 0 Å². The van der Waals surface area contributed by atoms with Crippen molar-refractivity contribution < 1.29 is 14.0 Å². The zero-order valence-corrected chi connectivity index (χ0v) is 15.7. The smallest absolute Gasteiger partial charge is 0.226 e. The Balaban J connectivity index is 1.45. The first-order valence-corrected chi connectivity index (χ1v) is 9.81. The number of carbonyl (C=O) groups is 2. The number of halogens is 1. The van der Waals surface area contributed by atoms with Crippen LogP contribution in [0.15, 0.2) is 48.7 Å². The van der Waals surface area contributed by atoms with Gasteiger partial charge in [0.25, 0.3) is 0 Å². The Hall–Kier alpha value is -2.76. The van der Waals surface area contributed by atoms with Crippen molar-refractivity contribution in [1.29, 1.82) is 0 Å². The second-order valence-electron chi connectivity index (χ2n) is 7.78. The summed E-state index contributed by atoms with van der Waals surface area (Å²) in [7, 11) is 0. The number of rotatable bonds is 5. The molecule has 1 saturated carbocycles. The molecule has 28 heavy (non-hydrogen) atoms. The number of likely N-dealkylation sites (tertiary alicyclic amines) is 1. The molecule has 1 aliphatic heterocycles. The molecule has 2 amide bonds. The number of benzene rings is 1. The Kier molecular flexibility index (Phi) is 5.11. The molecule has 1 N–H and O–H groups in total. The predicted molar refractivity (Wildman–Crippen MR) is 102 cm³/mol. The minimum absolute atomic E-state index is 0.0203. The van der Waals surface area contributed by atoms with Crippen LogP contribution in [0.2, 0.25) is 0 Å². The number of nitrogens with one attached hydrogen (secondary N) is 1. The average Bonchev–Trinajstić information content (AvgIpc) is 3.31. The van der Waals surface area contributed by atoms with E-state index in [2.05, 4.69) is 10.3 Å². The fourth-order valence-electron chi connectivity index (χ4n) is 4.36. The maximum Gasteiger partial charge on any atom is 0.226 e. The molecule has 2 fully saturated rings. The van der Waals surface area contributed by atoms with Crippen LogP contribution < -0.4 is 5.32 Å².